The lowest BCUT2D eigenvalue weighted by molar-refractivity contribution is 0.595. The molecule has 0 saturated heterocycles. The van der Waals surface area contributed by atoms with Gasteiger partial charge in [0.25, 0.3) is 0 Å². The molecule has 2 aromatic rings. The summed E-state index contributed by atoms with van der Waals surface area (Å²) in [6, 6.07) is 2.41. The highest BCUT2D eigenvalue weighted by molar-refractivity contribution is 7.90. The van der Waals surface area contributed by atoms with E-state index in [2.05, 4.69) is 15.3 Å². The number of nitrogens with zero attached hydrogens (tertiary/aromatic N) is 3. The van der Waals surface area contributed by atoms with Crippen molar-refractivity contribution in [1.29, 1.82) is 0 Å². The quantitative estimate of drug-likeness (QED) is 0.832. The molecule has 0 atom stereocenters. The van der Waals surface area contributed by atoms with Crippen LogP contribution in [0.3, 0.4) is 0 Å². The van der Waals surface area contributed by atoms with Gasteiger partial charge < -0.3 is 0 Å². The van der Waals surface area contributed by atoms with E-state index in [1.165, 1.54) is 12.3 Å². The predicted octanol–water partition coefficient (Wildman–Crippen LogP) is 0.0125. The van der Waals surface area contributed by atoms with Crippen molar-refractivity contribution in [2.45, 2.75) is 5.03 Å². The molecule has 17 heavy (non-hydrogen) atoms. The zero-order valence-corrected chi connectivity index (χ0v) is 10.2. The summed E-state index contributed by atoms with van der Waals surface area (Å²) in [5, 5.41) is 9.78. The molecule has 0 bridgehead atoms. The van der Waals surface area contributed by atoms with Crippen molar-refractivity contribution in [3.05, 3.63) is 33.7 Å². The maximum absolute atomic E-state index is 11.5. The lowest BCUT2D eigenvalue weighted by Gasteiger charge is -1.98. The lowest BCUT2D eigenvalue weighted by atomic mass is 10.5. The van der Waals surface area contributed by atoms with Gasteiger partial charge in [-0.3, -0.25) is 9.89 Å². The summed E-state index contributed by atoms with van der Waals surface area (Å²) in [5.41, 5.74) is -0.461. The molecule has 2 heterocycles. The van der Waals surface area contributed by atoms with Gasteiger partial charge in [-0.25, -0.2) is 13.1 Å². The van der Waals surface area contributed by atoms with Crippen LogP contribution in [0.15, 0.2) is 28.2 Å². The molecule has 0 radical (unpaired) electrons. The summed E-state index contributed by atoms with van der Waals surface area (Å²) in [6.07, 6.45) is 2.36. The highest BCUT2D eigenvalue weighted by Crippen LogP contribution is 2.07. The molecule has 0 aromatic carbocycles. The van der Waals surface area contributed by atoms with E-state index in [0.717, 1.165) is 17.0 Å². The number of hydrogen-bond donors (Lipinski definition) is 1. The molecule has 90 valence electrons. The topological polar surface area (TPSA) is 97.7 Å². The molecule has 0 aliphatic heterocycles. The number of H-pyrrole nitrogens is 1. The molecule has 0 fully saturated rings. The van der Waals surface area contributed by atoms with Gasteiger partial charge in [-0.15, -0.1) is 0 Å². The van der Waals surface area contributed by atoms with Crippen molar-refractivity contribution < 1.29 is 8.42 Å². The number of rotatable bonds is 2. The Balaban J connectivity index is 2.55. The van der Waals surface area contributed by atoms with Gasteiger partial charge >= 0.3 is 0 Å². The Morgan fingerprint density at radius 1 is 1.47 bits per heavy atom. The predicted molar refractivity (Wildman–Crippen MR) is 60.1 cm³/mol. The van der Waals surface area contributed by atoms with E-state index < -0.39 is 15.3 Å². The molecule has 7 nitrogen and oxygen atoms in total. The van der Waals surface area contributed by atoms with Crippen LogP contribution in [0.4, 0.5) is 0 Å². The molecule has 2 rings (SSSR count). The molecule has 1 N–H and O–H groups in total. The zero-order chi connectivity index (χ0) is 12.6. The number of aromatic nitrogens is 4. The van der Waals surface area contributed by atoms with Gasteiger partial charge in [0, 0.05) is 18.5 Å². The third-order valence-electron chi connectivity index (χ3n) is 1.91. The number of sulfone groups is 1. The minimum Gasteiger partial charge on any atom is -0.286 e. The van der Waals surface area contributed by atoms with Crippen molar-refractivity contribution in [2.75, 3.05) is 6.26 Å². The Bertz CT molecular complexity index is 718. The first-order valence-electron chi connectivity index (χ1n) is 4.39. The third-order valence-corrected chi connectivity index (χ3v) is 3.08. The van der Waals surface area contributed by atoms with E-state index in [4.69, 9.17) is 11.6 Å². The van der Waals surface area contributed by atoms with Crippen LogP contribution >= 0.6 is 11.6 Å². The fourth-order valence-electron chi connectivity index (χ4n) is 1.16. The van der Waals surface area contributed by atoms with E-state index in [9.17, 15) is 13.2 Å². The number of halogens is 1. The van der Waals surface area contributed by atoms with Gasteiger partial charge in [-0.2, -0.15) is 10.2 Å². The second-order valence-electron chi connectivity index (χ2n) is 3.27. The first kappa shape index (κ1) is 11.8. The Labute approximate surface area is 101 Å². The molecule has 0 unspecified atom stereocenters. The molecule has 0 spiro atoms. The Hall–Kier alpha value is -1.67. The summed E-state index contributed by atoms with van der Waals surface area (Å²) in [7, 11) is -3.41. The normalized spacial score (nSPS) is 11.6. The van der Waals surface area contributed by atoms with Crippen LogP contribution in [-0.2, 0) is 9.84 Å². The SMILES string of the molecule is CS(=O)(=O)c1ccn(-c2n[nH]c(Cl)cc2=O)n1. The molecule has 9 heteroatoms. The monoisotopic (exact) mass is 274 g/mol. The van der Waals surface area contributed by atoms with Crippen molar-refractivity contribution in [1.82, 2.24) is 20.0 Å². The molecule has 0 amide bonds. The van der Waals surface area contributed by atoms with Crippen molar-refractivity contribution >= 4 is 21.4 Å². The number of aromatic amines is 1. The van der Waals surface area contributed by atoms with Gasteiger partial charge in [0.05, 0.1) is 0 Å². The van der Waals surface area contributed by atoms with Gasteiger partial charge in [-0.1, -0.05) is 11.6 Å². The average molecular weight is 275 g/mol. The van der Waals surface area contributed by atoms with E-state index in [0.29, 0.717) is 0 Å². The largest absolute Gasteiger partial charge is 0.286 e. The van der Waals surface area contributed by atoms with E-state index >= 15 is 0 Å². The Kier molecular flexibility index (Phi) is 2.76. The molecular formula is C8H7ClN4O3S. The van der Waals surface area contributed by atoms with Crippen molar-refractivity contribution in [3.8, 4) is 5.82 Å². The minimum absolute atomic E-state index is 0.0516. The standard InChI is InChI=1S/C8H7ClN4O3S/c1-17(15,16)7-2-3-13(12-7)8-5(14)4-6(9)10-11-8/h2-4H,1H3,(H,10,14). The van der Waals surface area contributed by atoms with Crippen LogP contribution in [0.5, 0.6) is 0 Å². The maximum atomic E-state index is 11.5. The molecule has 0 aliphatic carbocycles. The number of nitrogens with one attached hydrogen (secondary N) is 1. The van der Waals surface area contributed by atoms with Crippen LogP contribution in [0, 0.1) is 0 Å². The minimum atomic E-state index is -3.41. The fraction of sp³-hybridized carbons (Fsp3) is 0.125. The van der Waals surface area contributed by atoms with E-state index in [1.807, 2.05) is 0 Å². The van der Waals surface area contributed by atoms with Gasteiger partial charge in [0.2, 0.25) is 11.2 Å². The maximum Gasteiger partial charge on any atom is 0.227 e. The van der Waals surface area contributed by atoms with E-state index in [-0.39, 0.29) is 16.0 Å². The van der Waals surface area contributed by atoms with Gasteiger partial charge in [0.1, 0.15) is 5.15 Å². The molecular weight excluding hydrogens is 268 g/mol. The first-order chi connectivity index (χ1) is 7.88. The van der Waals surface area contributed by atoms with Gasteiger partial charge in [-0.05, 0) is 6.07 Å². The van der Waals surface area contributed by atoms with Crippen molar-refractivity contribution in [2.24, 2.45) is 0 Å². The summed E-state index contributed by atoms with van der Waals surface area (Å²) < 4.78 is 23.5. The number of hydrogen-bond acceptors (Lipinski definition) is 5. The summed E-state index contributed by atoms with van der Waals surface area (Å²) >= 11 is 5.54. The second-order valence-corrected chi connectivity index (χ2v) is 5.64. The third kappa shape index (κ3) is 2.37. The smallest absolute Gasteiger partial charge is 0.227 e. The Morgan fingerprint density at radius 2 is 2.18 bits per heavy atom. The van der Waals surface area contributed by atoms with Crippen LogP contribution in [0.2, 0.25) is 5.15 Å². The molecule has 0 aliphatic rings. The zero-order valence-electron chi connectivity index (χ0n) is 8.58. The van der Waals surface area contributed by atoms with Crippen LogP contribution < -0.4 is 5.43 Å². The highest BCUT2D eigenvalue weighted by Gasteiger charge is 2.13. The lowest BCUT2D eigenvalue weighted by Crippen LogP contribution is -2.15. The average Bonchev–Trinajstić information content (AvgIpc) is 2.65. The fourth-order valence-corrected chi connectivity index (χ4v) is 1.85. The van der Waals surface area contributed by atoms with Crippen LogP contribution in [0.1, 0.15) is 0 Å². The second kappa shape index (κ2) is 3.97. The summed E-state index contributed by atoms with van der Waals surface area (Å²) in [6.45, 7) is 0. The Morgan fingerprint density at radius 3 is 2.71 bits per heavy atom. The van der Waals surface area contributed by atoms with E-state index in [1.54, 1.807) is 0 Å². The van der Waals surface area contributed by atoms with Crippen molar-refractivity contribution in [3.63, 3.8) is 0 Å². The van der Waals surface area contributed by atoms with Crippen LogP contribution in [-0.4, -0.2) is 34.7 Å². The summed E-state index contributed by atoms with van der Waals surface area (Å²) in [5.74, 6) is -0.0516. The van der Waals surface area contributed by atoms with Gasteiger partial charge in [0.15, 0.2) is 14.9 Å². The van der Waals surface area contributed by atoms with Crippen LogP contribution in [0.25, 0.3) is 5.82 Å². The first-order valence-corrected chi connectivity index (χ1v) is 6.66. The molecule has 2 aromatic heterocycles. The highest BCUT2D eigenvalue weighted by atomic mass is 35.5. The molecule has 0 saturated carbocycles. The summed E-state index contributed by atoms with van der Waals surface area (Å²) in [4.78, 5) is 11.5.